The Morgan fingerprint density at radius 1 is 1.12 bits per heavy atom. The second kappa shape index (κ2) is 7.31. The molecule has 2 aromatic carbocycles. The maximum absolute atomic E-state index is 12.6. The fraction of sp³-hybridized carbons (Fsp3) is 0.188. The van der Waals surface area contributed by atoms with Gasteiger partial charge in [0.15, 0.2) is 4.90 Å². The Hall–Kier alpha value is -2.94. The highest BCUT2D eigenvalue weighted by molar-refractivity contribution is 7.92. The number of nitro groups is 1. The van der Waals surface area contributed by atoms with E-state index in [1.165, 1.54) is 24.3 Å². The van der Waals surface area contributed by atoms with Gasteiger partial charge in [-0.15, -0.1) is 0 Å². The van der Waals surface area contributed by atoms with Gasteiger partial charge in [-0.1, -0.05) is 25.1 Å². The monoisotopic (exact) mass is 363 g/mol. The molecule has 132 valence electrons. The molecule has 25 heavy (non-hydrogen) atoms. The molecule has 8 nitrogen and oxygen atoms in total. The number of sulfonamides is 1. The Morgan fingerprint density at radius 3 is 2.40 bits per heavy atom. The van der Waals surface area contributed by atoms with Crippen LogP contribution in [0.4, 0.5) is 17.1 Å². The first kappa shape index (κ1) is 18.4. The van der Waals surface area contributed by atoms with E-state index in [0.717, 1.165) is 6.07 Å². The number of nitrogens with zero attached hydrogens (tertiary/aromatic N) is 1. The van der Waals surface area contributed by atoms with Crippen molar-refractivity contribution in [3.8, 4) is 0 Å². The first-order valence-electron chi connectivity index (χ1n) is 7.42. The lowest BCUT2D eigenvalue weighted by Crippen LogP contribution is -2.16. The topological polar surface area (TPSA) is 118 Å². The molecule has 0 fully saturated rings. The van der Waals surface area contributed by atoms with Crippen LogP contribution in [0, 0.1) is 17.0 Å². The minimum absolute atomic E-state index is 0.207. The molecule has 9 heteroatoms. The van der Waals surface area contributed by atoms with Crippen LogP contribution in [0.5, 0.6) is 0 Å². The van der Waals surface area contributed by atoms with Gasteiger partial charge >= 0.3 is 0 Å². The first-order valence-corrected chi connectivity index (χ1v) is 8.90. The molecule has 2 N–H and O–H groups in total. The van der Waals surface area contributed by atoms with Gasteiger partial charge in [0, 0.05) is 18.2 Å². The van der Waals surface area contributed by atoms with Crippen molar-refractivity contribution in [2.45, 2.75) is 25.2 Å². The molecule has 0 aliphatic heterocycles. The summed E-state index contributed by atoms with van der Waals surface area (Å²) in [7, 11) is -4.17. The maximum Gasteiger partial charge on any atom is 0.289 e. The largest absolute Gasteiger partial charge is 0.326 e. The lowest BCUT2D eigenvalue weighted by molar-refractivity contribution is -0.387. The third-order valence-electron chi connectivity index (χ3n) is 3.52. The molecule has 0 radical (unpaired) electrons. The minimum Gasteiger partial charge on any atom is -0.326 e. The number of anilines is 2. The number of nitrogens with one attached hydrogen (secondary N) is 2. The highest BCUT2D eigenvalue weighted by Gasteiger charge is 2.25. The zero-order valence-corrected chi connectivity index (χ0v) is 14.5. The molecule has 2 rings (SSSR count). The predicted molar refractivity (Wildman–Crippen MR) is 94.0 cm³/mol. The summed E-state index contributed by atoms with van der Waals surface area (Å²) in [5.74, 6) is -0.207. The van der Waals surface area contributed by atoms with Gasteiger partial charge in [-0.05, 0) is 30.7 Å². The molecule has 0 bridgehead atoms. The zero-order chi connectivity index (χ0) is 18.6. The van der Waals surface area contributed by atoms with E-state index in [9.17, 15) is 23.3 Å². The third-order valence-corrected chi connectivity index (χ3v) is 4.94. The molecule has 0 saturated heterocycles. The molecule has 0 aliphatic carbocycles. The van der Waals surface area contributed by atoms with Crippen molar-refractivity contribution in [2.75, 3.05) is 10.0 Å². The van der Waals surface area contributed by atoms with E-state index in [1.54, 1.807) is 26.0 Å². The Morgan fingerprint density at radius 2 is 1.76 bits per heavy atom. The maximum atomic E-state index is 12.6. The summed E-state index contributed by atoms with van der Waals surface area (Å²) in [5.41, 5.74) is 0.691. The average Bonchev–Trinajstić information content (AvgIpc) is 2.58. The van der Waals surface area contributed by atoms with Crippen molar-refractivity contribution < 1.29 is 18.1 Å². The SMILES string of the molecule is CCC(=O)Nc1cccc(NS(=O)(=O)c2ccccc2[N+](=O)[O-])c1C. The number of carbonyl (C=O) groups excluding carboxylic acids is 1. The van der Waals surface area contributed by atoms with E-state index >= 15 is 0 Å². The number of carbonyl (C=O) groups is 1. The smallest absolute Gasteiger partial charge is 0.289 e. The fourth-order valence-electron chi connectivity index (χ4n) is 2.16. The molecule has 0 saturated carbocycles. The minimum atomic E-state index is -4.17. The van der Waals surface area contributed by atoms with Gasteiger partial charge < -0.3 is 5.32 Å². The van der Waals surface area contributed by atoms with Gasteiger partial charge in [0.25, 0.3) is 15.7 Å². The standard InChI is InChI=1S/C16H17N3O5S/c1-3-16(20)17-12-7-6-8-13(11(12)2)18-25(23,24)15-10-5-4-9-14(15)19(21)22/h4-10,18H,3H2,1-2H3,(H,17,20). The molecule has 0 heterocycles. The fourth-order valence-corrected chi connectivity index (χ4v) is 3.45. The second-order valence-corrected chi connectivity index (χ2v) is 6.86. The summed E-state index contributed by atoms with van der Waals surface area (Å²) in [6.45, 7) is 3.34. The van der Waals surface area contributed by atoms with Crippen LogP contribution in [0.2, 0.25) is 0 Å². The summed E-state index contributed by atoms with van der Waals surface area (Å²) in [4.78, 5) is 21.4. The van der Waals surface area contributed by atoms with Crippen LogP contribution in [0.1, 0.15) is 18.9 Å². The highest BCUT2D eigenvalue weighted by Crippen LogP contribution is 2.29. The Bertz CT molecular complexity index is 925. The number of hydrogen-bond donors (Lipinski definition) is 2. The van der Waals surface area contributed by atoms with Crippen LogP contribution in [0.25, 0.3) is 0 Å². The molecule has 0 aliphatic rings. The molecule has 2 aromatic rings. The summed E-state index contributed by atoms with van der Waals surface area (Å²) in [6, 6.07) is 9.83. The normalized spacial score (nSPS) is 11.0. The lowest BCUT2D eigenvalue weighted by Gasteiger charge is -2.14. The summed E-state index contributed by atoms with van der Waals surface area (Å²) in [6.07, 6.45) is 0.283. The lowest BCUT2D eigenvalue weighted by atomic mass is 10.1. The Balaban J connectivity index is 2.41. The second-order valence-electron chi connectivity index (χ2n) is 5.21. The van der Waals surface area contributed by atoms with Crippen molar-refractivity contribution in [2.24, 2.45) is 0 Å². The molecule has 1 amide bonds. The van der Waals surface area contributed by atoms with Gasteiger partial charge in [0.2, 0.25) is 5.91 Å². The molecule has 0 atom stereocenters. The Kier molecular flexibility index (Phi) is 5.38. The number of benzene rings is 2. The average molecular weight is 363 g/mol. The molecule has 0 aromatic heterocycles. The number of rotatable bonds is 6. The number of amides is 1. The van der Waals surface area contributed by atoms with Crippen LogP contribution in [0.3, 0.4) is 0 Å². The number of hydrogen-bond acceptors (Lipinski definition) is 5. The van der Waals surface area contributed by atoms with Gasteiger partial charge in [-0.3, -0.25) is 19.6 Å². The quantitative estimate of drug-likeness (QED) is 0.604. The molecular weight excluding hydrogens is 346 g/mol. The van der Waals surface area contributed by atoms with E-state index in [-0.39, 0.29) is 18.0 Å². The first-order chi connectivity index (χ1) is 11.8. The van der Waals surface area contributed by atoms with E-state index in [4.69, 9.17) is 0 Å². The summed E-state index contributed by atoms with van der Waals surface area (Å²) < 4.78 is 27.5. The molecule has 0 spiro atoms. The highest BCUT2D eigenvalue weighted by atomic mass is 32.2. The van der Waals surface area contributed by atoms with Crippen LogP contribution in [0.15, 0.2) is 47.4 Å². The van der Waals surface area contributed by atoms with Crippen molar-refractivity contribution in [3.63, 3.8) is 0 Å². The van der Waals surface area contributed by atoms with Crippen molar-refractivity contribution in [1.82, 2.24) is 0 Å². The predicted octanol–water partition coefficient (Wildman–Crippen LogP) is 3.05. The van der Waals surface area contributed by atoms with Crippen molar-refractivity contribution >= 4 is 33.0 Å². The van der Waals surface area contributed by atoms with Gasteiger partial charge in [0.1, 0.15) is 0 Å². The Labute approximate surface area is 145 Å². The summed E-state index contributed by atoms with van der Waals surface area (Å²) >= 11 is 0. The van der Waals surface area contributed by atoms with E-state index in [1.807, 2.05) is 0 Å². The van der Waals surface area contributed by atoms with Crippen LogP contribution < -0.4 is 10.0 Å². The van der Waals surface area contributed by atoms with Crippen LogP contribution in [-0.2, 0) is 14.8 Å². The molecule has 0 unspecified atom stereocenters. The van der Waals surface area contributed by atoms with E-state index in [0.29, 0.717) is 11.3 Å². The van der Waals surface area contributed by atoms with Gasteiger partial charge in [-0.25, -0.2) is 8.42 Å². The van der Waals surface area contributed by atoms with Crippen molar-refractivity contribution in [1.29, 1.82) is 0 Å². The number of para-hydroxylation sites is 1. The third kappa shape index (κ3) is 4.13. The number of nitro benzene ring substituents is 1. The van der Waals surface area contributed by atoms with Crippen molar-refractivity contribution in [3.05, 3.63) is 58.1 Å². The summed E-state index contributed by atoms with van der Waals surface area (Å²) in [5, 5.41) is 13.7. The van der Waals surface area contributed by atoms with Crippen LogP contribution in [-0.4, -0.2) is 19.2 Å². The zero-order valence-electron chi connectivity index (χ0n) is 13.6. The van der Waals surface area contributed by atoms with Gasteiger partial charge in [0.05, 0.1) is 10.6 Å². The van der Waals surface area contributed by atoms with Crippen LogP contribution >= 0.6 is 0 Å². The van der Waals surface area contributed by atoms with Gasteiger partial charge in [-0.2, -0.15) is 0 Å². The molecular formula is C16H17N3O5S. The van der Waals surface area contributed by atoms with E-state index in [2.05, 4.69) is 10.0 Å². The van der Waals surface area contributed by atoms with E-state index < -0.39 is 25.5 Å².